The molecule has 0 saturated heterocycles. The molecule has 2 aliphatic rings. The Kier molecular flexibility index (Phi) is 2.66. The largest absolute Gasteiger partial charge is 0.334 e. The van der Waals surface area contributed by atoms with Gasteiger partial charge in [-0.1, -0.05) is 42.1 Å². The van der Waals surface area contributed by atoms with E-state index in [1.165, 1.54) is 11.3 Å². The Morgan fingerprint density at radius 2 is 2.06 bits per heavy atom. The maximum absolute atomic E-state index is 9.12. The molecule has 2 heterocycles. The van der Waals surface area contributed by atoms with Gasteiger partial charge in [0.05, 0.1) is 22.4 Å². The summed E-state index contributed by atoms with van der Waals surface area (Å²) in [6.45, 7) is 1.02. The van der Waals surface area contributed by atoms with E-state index in [1.54, 1.807) is 11.8 Å². The van der Waals surface area contributed by atoms with Gasteiger partial charge in [0.2, 0.25) is 0 Å². The molecule has 0 N–H and O–H groups in total. The molecular weight excluding hydrogens is 228 g/mol. The van der Waals surface area contributed by atoms with E-state index in [2.05, 4.69) is 40.6 Å². The molecule has 1 aromatic rings. The van der Waals surface area contributed by atoms with E-state index in [9.17, 15) is 0 Å². The molecule has 0 spiro atoms. The van der Waals surface area contributed by atoms with E-state index in [1.807, 2.05) is 6.07 Å². The van der Waals surface area contributed by atoms with Crippen molar-refractivity contribution >= 4 is 17.5 Å². The molecule has 0 bridgehead atoms. The second kappa shape index (κ2) is 4.31. The topological polar surface area (TPSA) is 27.0 Å². The van der Waals surface area contributed by atoms with Crippen molar-refractivity contribution in [2.45, 2.75) is 12.8 Å². The van der Waals surface area contributed by atoms with E-state index >= 15 is 0 Å². The molecule has 17 heavy (non-hydrogen) atoms. The molecule has 0 fully saturated rings. The van der Waals surface area contributed by atoms with Gasteiger partial charge in [-0.3, -0.25) is 0 Å². The van der Waals surface area contributed by atoms with E-state index < -0.39 is 0 Å². The van der Waals surface area contributed by atoms with Crippen LogP contribution in [0.2, 0.25) is 0 Å². The van der Waals surface area contributed by atoms with Crippen LogP contribution in [0.4, 0.5) is 0 Å². The van der Waals surface area contributed by atoms with Gasteiger partial charge in [0.25, 0.3) is 0 Å². The molecule has 2 nitrogen and oxygen atoms in total. The van der Waals surface area contributed by atoms with Crippen LogP contribution < -0.4 is 0 Å². The van der Waals surface area contributed by atoms with E-state index in [-0.39, 0.29) is 0 Å². The molecule has 0 amide bonds. The Morgan fingerprint density at radius 1 is 1.24 bits per heavy atom. The second-order valence-corrected chi connectivity index (χ2v) is 5.00. The van der Waals surface area contributed by atoms with E-state index in [0.29, 0.717) is 0 Å². The summed E-state index contributed by atoms with van der Waals surface area (Å²) in [6, 6.07) is 12.7. The van der Waals surface area contributed by atoms with Crippen LogP contribution in [-0.4, -0.2) is 11.4 Å². The Hall–Kier alpha value is -1.66. The molecule has 0 aliphatic carbocycles. The number of hydrogen-bond donors (Lipinski definition) is 0. The van der Waals surface area contributed by atoms with Gasteiger partial charge in [0.1, 0.15) is 0 Å². The number of thioether (sulfide) groups is 1. The SMILES string of the molecule is N#CC1=C2SC=C(c3ccccc3)N2CCC1. The Morgan fingerprint density at radius 3 is 2.82 bits per heavy atom. The average Bonchev–Trinajstić information content (AvgIpc) is 2.83. The molecule has 0 atom stereocenters. The maximum Gasteiger partial charge on any atom is 0.0974 e. The molecule has 0 saturated carbocycles. The van der Waals surface area contributed by atoms with Crippen LogP contribution in [0.3, 0.4) is 0 Å². The molecule has 2 aliphatic heterocycles. The predicted molar refractivity (Wildman–Crippen MR) is 70.6 cm³/mol. The number of hydrogen-bond acceptors (Lipinski definition) is 3. The molecule has 3 heteroatoms. The van der Waals surface area contributed by atoms with E-state index in [0.717, 1.165) is 30.0 Å². The van der Waals surface area contributed by atoms with Gasteiger partial charge in [-0.25, -0.2) is 0 Å². The quantitative estimate of drug-likeness (QED) is 0.751. The van der Waals surface area contributed by atoms with Crippen LogP contribution in [-0.2, 0) is 0 Å². The zero-order valence-corrected chi connectivity index (χ0v) is 10.2. The highest BCUT2D eigenvalue weighted by molar-refractivity contribution is 8.06. The van der Waals surface area contributed by atoms with E-state index in [4.69, 9.17) is 5.26 Å². The van der Waals surface area contributed by atoms with Gasteiger partial charge in [0.15, 0.2) is 0 Å². The zero-order chi connectivity index (χ0) is 11.7. The van der Waals surface area contributed by atoms with Gasteiger partial charge in [-0.15, -0.1) is 0 Å². The van der Waals surface area contributed by atoms with Crippen molar-refractivity contribution in [3.8, 4) is 6.07 Å². The highest BCUT2D eigenvalue weighted by Crippen LogP contribution is 2.43. The average molecular weight is 240 g/mol. The van der Waals surface area contributed by atoms with Crippen molar-refractivity contribution in [2.24, 2.45) is 0 Å². The molecule has 0 unspecified atom stereocenters. The zero-order valence-electron chi connectivity index (χ0n) is 9.39. The normalized spacial score (nSPS) is 18.8. The summed E-state index contributed by atoms with van der Waals surface area (Å²) in [5.74, 6) is 0. The summed E-state index contributed by atoms with van der Waals surface area (Å²) < 4.78 is 0. The van der Waals surface area contributed by atoms with Gasteiger partial charge in [-0.2, -0.15) is 5.26 Å². The van der Waals surface area contributed by atoms with Crippen molar-refractivity contribution < 1.29 is 0 Å². The minimum Gasteiger partial charge on any atom is -0.334 e. The minimum absolute atomic E-state index is 0.922. The van der Waals surface area contributed by atoms with Crippen molar-refractivity contribution in [2.75, 3.05) is 6.54 Å². The van der Waals surface area contributed by atoms with Crippen LogP contribution in [0.5, 0.6) is 0 Å². The highest BCUT2D eigenvalue weighted by Gasteiger charge is 2.28. The third-order valence-corrected chi connectivity index (χ3v) is 4.12. The molecule has 0 radical (unpaired) electrons. The standard InChI is InChI=1S/C14H12N2S/c15-9-12-7-4-8-16-13(10-17-14(12)16)11-5-2-1-3-6-11/h1-3,5-6,10H,4,7-8H2. The number of allylic oxidation sites excluding steroid dienone is 1. The van der Waals surface area contributed by atoms with Crippen LogP contribution in [0.25, 0.3) is 5.70 Å². The van der Waals surface area contributed by atoms with Crippen molar-refractivity contribution in [3.63, 3.8) is 0 Å². The maximum atomic E-state index is 9.12. The Bertz CT molecular complexity index is 537. The van der Waals surface area contributed by atoms with Gasteiger partial charge in [0, 0.05) is 12.0 Å². The fraction of sp³-hybridized carbons (Fsp3) is 0.214. The number of fused-ring (bicyclic) bond motifs is 1. The second-order valence-electron chi connectivity index (χ2n) is 4.14. The first-order valence-corrected chi connectivity index (χ1v) is 6.61. The summed E-state index contributed by atoms with van der Waals surface area (Å²) in [6.07, 6.45) is 1.99. The fourth-order valence-electron chi connectivity index (χ4n) is 2.26. The van der Waals surface area contributed by atoms with Gasteiger partial charge < -0.3 is 4.90 Å². The van der Waals surface area contributed by atoms with Crippen LogP contribution in [0.1, 0.15) is 18.4 Å². The smallest absolute Gasteiger partial charge is 0.0974 e. The van der Waals surface area contributed by atoms with Gasteiger partial charge >= 0.3 is 0 Å². The van der Waals surface area contributed by atoms with Crippen molar-refractivity contribution in [1.82, 2.24) is 4.90 Å². The predicted octanol–water partition coefficient (Wildman–Crippen LogP) is 3.56. The van der Waals surface area contributed by atoms with Crippen LogP contribution in [0, 0.1) is 11.3 Å². The summed E-state index contributed by atoms with van der Waals surface area (Å²) in [4.78, 5) is 2.28. The third-order valence-electron chi connectivity index (χ3n) is 3.09. The number of nitrogens with zero attached hydrogens (tertiary/aromatic N) is 2. The molecule has 0 aromatic heterocycles. The summed E-state index contributed by atoms with van der Waals surface area (Å²) in [5, 5.41) is 12.4. The lowest BCUT2D eigenvalue weighted by Crippen LogP contribution is -2.23. The summed E-state index contributed by atoms with van der Waals surface area (Å²) in [7, 11) is 0. The number of benzene rings is 1. The van der Waals surface area contributed by atoms with Crippen molar-refractivity contribution in [1.29, 1.82) is 5.26 Å². The summed E-state index contributed by atoms with van der Waals surface area (Å²) >= 11 is 1.68. The number of rotatable bonds is 1. The molecule has 84 valence electrons. The Labute approximate surface area is 105 Å². The first kappa shape index (κ1) is 10.5. The molecular formula is C14H12N2S. The molecule has 1 aromatic carbocycles. The monoisotopic (exact) mass is 240 g/mol. The first-order chi connectivity index (χ1) is 8.40. The van der Waals surface area contributed by atoms with Crippen LogP contribution in [0.15, 0.2) is 46.3 Å². The van der Waals surface area contributed by atoms with Crippen LogP contribution >= 0.6 is 11.8 Å². The van der Waals surface area contributed by atoms with Crippen molar-refractivity contribution in [3.05, 3.63) is 51.9 Å². The molecule has 3 rings (SSSR count). The lowest BCUT2D eigenvalue weighted by Gasteiger charge is -2.28. The van der Waals surface area contributed by atoms with Gasteiger partial charge in [-0.05, 0) is 18.4 Å². The highest BCUT2D eigenvalue weighted by atomic mass is 32.2. The Balaban J connectivity index is 1.99. The first-order valence-electron chi connectivity index (χ1n) is 5.73. The lowest BCUT2D eigenvalue weighted by atomic mass is 10.1. The number of nitriles is 1. The fourth-order valence-corrected chi connectivity index (χ4v) is 3.36. The minimum atomic E-state index is 0.922. The summed E-state index contributed by atoms with van der Waals surface area (Å²) in [5.41, 5.74) is 3.40. The lowest BCUT2D eigenvalue weighted by molar-refractivity contribution is 0.475. The third kappa shape index (κ3) is 1.75.